The second-order valence-corrected chi connectivity index (χ2v) is 3.88. The highest BCUT2D eigenvalue weighted by molar-refractivity contribution is 6.31. The molecule has 0 bridgehead atoms. The van der Waals surface area contributed by atoms with Gasteiger partial charge in [0.25, 0.3) is 0 Å². The molecule has 2 rings (SSSR count). The van der Waals surface area contributed by atoms with E-state index in [0.29, 0.717) is 11.3 Å². The Bertz CT molecular complexity index is 446. The zero-order chi connectivity index (χ0) is 12.4. The average molecular weight is 259 g/mol. The Kier molecular flexibility index (Phi) is 3.51. The minimum absolute atomic E-state index is 0.141. The minimum atomic E-state index is -1.44. The van der Waals surface area contributed by atoms with Crippen molar-refractivity contribution in [1.82, 2.24) is 0 Å². The first kappa shape index (κ1) is 12.2. The van der Waals surface area contributed by atoms with E-state index < -0.39 is 12.1 Å². The zero-order valence-corrected chi connectivity index (χ0v) is 9.86. The maximum absolute atomic E-state index is 11.3. The topological polar surface area (TPSA) is 65.0 Å². The molecule has 0 spiro atoms. The van der Waals surface area contributed by atoms with Crippen molar-refractivity contribution < 1.29 is 24.1 Å². The predicted octanol–water partition coefficient (Wildman–Crippen LogP) is 1.41. The van der Waals surface area contributed by atoms with E-state index in [-0.39, 0.29) is 24.0 Å². The third-order valence-electron chi connectivity index (χ3n) is 2.50. The summed E-state index contributed by atoms with van der Waals surface area (Å²) < 4.78 is 14.8. The molecule has 6 heteroatoms. The molecule has 1 aliphatic heterocycles. The molecule has 0 saturated carbocycles. The van der Waals surface area contributed by atoms with Crippen LogP contribution in [0.4, 0.5) is 0 Å². The van der Waals surface area contributed by atoms with E-state index in [4.69, 9.17) is 21.1 Å². The Morgan fingerprint density at radius 2 is 2.35 bits per heavy atom. The van der Waals surface area contributed by atoms with E-state index >= 15 is 0 Å². The summed E-state index contributed by atoms with van der Waals surface area (Å²) in [6.45, 7) is 0.377. The molecule has 5 nitrogen and oxygen atoms in total. The number of carbonyl (C=O) groups is 1. The smallest absolute Gasteiger partial charge is 0.339 e. The normalized spacial score (nSPS) is 15.7. The number of esters is 1. The summed E-state index contributed by atoms with van der Waals surface area (Å²) in [5.74, 6) is -0.218. The molecule has 92 valence electrons. The van der Waals surface area contributed by atoms with E-state index in [2.05, 4.69) is 4.74 Å². The van der Waals surface area contributed by atoms with Crippen molar-refractivity contribution in [2.24, 2.45) is 0 Å². The highest BCUT2D eigenvalue weighted by Crippen LogP contribution is 2.36. The predicted molar refractivity (Wildman–Crippen MR) is 58.7 cm³/mol. The molecule has 1 aliphatic rings. The first-order valence-corrected chi connectivity index (χ1v) is 5.30. The van der Waals surface area contributed by atoms with E-state index in [1.54, 1.807) is 12.1 Å². The second-order valence-electron chi connectivity index (χ2n) is 3.47. The van der Waals surface area contributed by atoms with Crippen LogP contribution in [0.2, 0.25) is 5.02 Å². The number of hydrogen-bond donors (Lipinski definition) is 1. The number of hydrogen-bond acceptors (Lipinski definition) is 5. The molecule has 0 radical (unpaired) electrons. The lowest BCUT2D eigenvalue weighted by atomic mass is 10.0. The fraction of sp³-hybridized carbons (Fsp3) is 0.364. The van der Waals surface area contributed by atoms with Gasteiger partial charge in [-0.3, -0.25) is 0 Å². The van der Waals surface area contributed by atoms with Gasteiger partial charge in [0.1, 0.15) is 5.75 Å². The third kappa shape index (κ3) is 2.22. The summed E-state index contributed by atoms with van der Waals surface area (Å²) in [6, 6.07) is 3.24. The van der Waals surface area contributed by atoms with Gasteiger partial charge in [0.05, 0.1) is 13.7 Å². The fourth-order valence-electron chi connectivity index (χ4n) is 1.67. The van der Waals surface area contributed by atoms with Crippen LogP contribution in [-0.2, 0) is 20.9 Å². The van der Waals surface area contributed by atoms with Gasteiger partial charge in [0.2, 0.25) is 0 Å². The summed E-state index contributed by atoms with van der Waals surface area (Å²) in [7, 11) is 1.20. The standard InChI is InChI=1S/C11H11ClO5/c1-15-11(14)10(13)9-6-4-16-5-17-8(6)3-2-7(9)12/h2-3,10,13H,4-5H2,1H3. The van der Waals surface area contributed by atoms with Crippen molar-refractivity contribution in [2.75, 3.05) is 13.9 Å². The Morgan fingerprint density at radius 3 is 3.06 bits per heavy atom. The van der Waals surface area contributed by atoms with Gasteiger partial charge in [-0.25, -0.2) is 4.79 Å². The summed E-state index contributed by atoms with van der Waals surface area (Å²) in [6.07, 6.45) is -1.44. The number of rotatable bonds is 2. The summed E-state index contributed by atoms with van der Waals surface area (Å²) in [4.78, 5) is 11.3. The average Bonchev–Trinajstić information content (AvgIpc) is 2.37. The Hall–Kier alpha value is -1.30. The first-order valence-electron chi connectivity index (χ1n) is 4.93. The lowest BCUT2D eigenvalue weighted by molar-refractivity contribution is -0.150. The van der Waals surface area contributed by atoms with Crippen LogP contribution in [-0.4, -0.2) is 25.0 Å². The van der Waals surface area contributed by atoms with Gasteiger partial charge >= 0.3 is 5.97 Å². The van der Waals surface area contributed by atoms with Crippen LogP contribution in [0.3, 0.4) is 0 Å². The molecule has 17 heavy (non-hydrogen) atoms. The molecule has 1 atom stereocenters. The van der Waals surface area contributed by atoms with E-state index in [1.807, 2.05) is 0 Å². The Balaban J connectivity index is 2.48. The molecule has 1 aromatic carbocycles. The van der Waals surface area contributed by atoms with Gasteiger partial charge in [0, 0.05) is 16.1 Å². The molecule has 1 aromatic rings. The molecule has 0 fully saturated rings. The number of benzene rings is 1. The van der Waals surface area contributed by atoms with Gasteiger partial charge < -0.3 is 19.3 Å². The maximum Gasteiger partial charge on any atom is 0.339 e. The Labute approximate surface area is 103 Å². The molecular formula is C11H11ClO5. The van der Waals surface area contributed by atoms with Crippen LogP contribution in [0.1, 0.15) is 17.2 Å². The quantitative estimate of drug-likeness (QED) is 0.813. The van der Waals surface area contributed by atoms with Crippen molar-refractivity contribution in [1.29, 1.82) is 0 Å². The molecule has 1 unspecified atom stereocenters. The number of fused-ring (bicyclic) bond motifs is 1. The highest BCUT2D eigenvalue weighted by atomic mass is 35.5. The van der Waals surface area contributed by atoms with E-state index in [9.17, 15) is 9.90 Å². The molecular weight excluding hydrogens is 248 g/mol. The first-order chi connectivity index (χ1) is 8.15. The van der Waals surface area contributed by atoms with Crippen LogP contribution in [0.15, 0.2) is 12.1 Å². The van der Waals surface area contributed by atoms with Gasteiger partial charge in [-0.05, 0) is 12.1 Å². The van der Waals surface area contributed by atoms with Gasteiger partial charge in [-0.15, -0.1) is 0 Å². The number of carbonyl (C=O) groups excluding carboxylic acids is 1. The molecule has 0 aromatic heterocycles. The van der Waals surface area contributed by atoms with Crippen molar-refractivity contribution in [3.05, 3.63) is 28.3 Å². The largest absolute Gasteiger partial charge is 0.467 e. The molecule has 0 amide bonds. The van der Waals surface area contributed by atoms with E-state index in [1.165, 1.54) is 7.11 Å². The van der Waals surface area contributed by atoms with Crippen LogP contribution in [0.5, 0.6) is 5.75 Å². The number of aliphatic hydroxyl groups excluding tert-OH is 1. The molecule has 1 N–H and O–H groups in total. The summed E-state index contributed by atoms with van der Waals surface area (Å²) >= 11 is 5.98. The lowest BCUT2D eigenvalue weighted by Crippen LogP contribution is -2.19. The molecule has 0 saturated heterocycles. The van der Waals surface area contributed by atoms with Crippen molar-refractivity contribution in [3.8, 4) is 5.75 Å². The van der Waals surface area contributed by atoms with Crippen LogP contribution >= 0.6 is 11.6 Å². The Morgan fingerprint density at radius 1 is 1.59 bits per heavy atom. The number of ether oxygens (including phenoxy) is 3. The maximum atomic E-state index is 11.3. The van der Waals surface area contributed by atoms with Crippen molar-refractivity contribution in [3.63, 3.8) is 0 Å². The van der Waals surface area contributed by atoms with Crippen LogP contribution < -0.4 is 4.74 Å². The van der Waals surface area contributed by atoms with Crippen LogP contribution in [0, 0.1) is 0 Å². The van der Waals surface area contributed by atoms with Crippen molar-refractivity contribution >= 4 is 17.6 Å². The second kappa shape index (κ2) is 4.91. The number of halogens is 1. The fourth-order valence-corrected chi connectivity index (χ4v) is 1.95. The monoisotopic (exact) mass is 258 g/mol. The van der Waals surface area contributed by atoms with Crippen LogP contribution in [0.25, 0.3) is 0 Å². The minimum Gasteiger partial charge on any atom is -0.467 e. The van der Waals surface area contributed by atoms with E-state index in [0.717, 1.165) is 0 Å². The van der Waals surface area contributed by atoms with Gasteiger partial charge in [0.15, 0.2) is 12.9 Å². The summed E-state index contributed by atoms with van der Waals surface area (Å²) in [5.41, 5.74) is 0.845. The molecule has 1 heterocycles. The SMILES string of the molecule is COC(=O)C(O)c1c(Cl)ccc2c1COCO2. The number of aliphatic hydroxyl groups is 1. The molecule has 0 aliphatic carbocycles. The summed E-state index contributed by atoms with van der Waals surface area (Å²) in [5, 5.41) is 10.1. The number of methoxy groups -OCH3 is 1. The lowest BCUT2D eigenvalue weighted by Gasteiger charge is -2.22. The third-order valence-corrected chi connectivity index (χ3v) is 2.83. The van der Waals surface area contributed by atoms with Gasteiger partial charge in [-0.2, -0.15) is 0 Å². The van der Waals surface area contributed by atoms with Gasteiger partial charge in [-0.1, -0.05) is 11.6 Å². The zero-order valence-electron chi connectivity index (χ0n) is 9.10. The highest BCUT2D eigenvalue weighted by Gasteiger charge is 2.27. The van der Waals surface area contributed by atoms with Crippen molar-refractivity contribution in [2.45, 2.75) is 12.7 Å².